The standard InChI is InChI=1S/C14H13ClO2S/c15-14-9-5-4-6-12(14)10-11-18(16,17)13-7-2-1-3-8-13/h1-9H,10-11H2. The molecule has 94 valence electrons. The van der Waals surface area contributed by atoms with E-state index in [2.05, 4.69) is 0 Å². The van der Waals surface area contributed by atoms with Gasteiger partial charge in [0.1, 0.15) is 0 Å². The number of benzene rings is 2. The average Bonchev–Trinajstić information content (AvgIpc) is 2.39. The summed E-state index contributed by atoms with van der Waals surface area (Å²) >= 11 is 6.00. The summed E-state index contributed by atoms with van der Waals surface area (Å²) in [6.45, 7) is 0. The van der Waals surface area contributed by atoms with Crippen molar-refractivity contribution in [3.8, 4) is 0 Å². The summed E-state index contributed by atoms with van der Waals surface area (Å²) < 4.78 is 24.1. The molecule has 0 aliphatic carbocycles. The van der Waals surface area contributed by atoms with Gasteiger partial charge < -0.3 is 0 Å². The smallest absolute Gasteiger partial charge is 0.178 e. The van der Waals surface area contributed by atoms with Crippen LogP contribution in [0.1, 0.15) is 5.56 Å². The molecule has 4 heteroatoms. The third kappa shape index (κ3) is 3.12. The maximum atomic E-state index is 12.1. The Balaban J connectivity index is 2.14. The Hall–Kier alpha value is -1.32. The van der Waals surface area contributed by atoms with E-state index in [9.17, 15) is 8.42 Å². The molecule has 18 heavy (non-hydrogen) atoms. The molecule has 2 aromatic carbocycles. The molecule has 0 spiro atoms. The van der Waals surface area contributed by atoms with Gasteiger partial charge in [0.05, 0.1) is 10.6 Å². The van der Waals surface area contributed by atoms with E-state index >= 15 is 0 Å². The zero-order valence-corrected chi connectivity index (χ0v) is 11.3. The predicted octanol–water partition coefficient (Wildman–Crippen LogP) is 3.36. The first-order chi connectivity index (χ1) is 8.59. The number of hydrogen-bond acceptors (Lipinski definition) is 2. The average molecular weight is 281 g/mol. The van der Waals surface area contributed by atoms with Crippen molar-refractivity contribution in [1.29, 1.82) is 0 Å². The second-order valence-corrected chi connectivity index (χ2v) is 6.49. The molecular formula is C14H13ClO2S. The van der Waals surface area contributed by atoms with Crippen LogP contribution < -0.4 is 0 Å². The fraction of sp³-hybridized carbons (Fsp3) is 0.143. The molecule has 0 saturated carbocycles. The molecular weight excluding hydrogens is 268 g/mol. The van der Waals surface area contributed by atoms with Crippen LogP contribution in [-0.4, -0.2) is 14.2 Å². The quantitative estimate of drug-likeness (QED) is 0.861. The Morgan fingerprint density at radius 3 is 2.17 bits per heavy atom. The van der Waals surface area contributed by atoms with Gasteiger partial charge in [-0.05, 0) is 30.2 Å². The predicted molar refractivity (Wildman–Crippen MR) is 73.7 cm³/mol. The first kappa shape index (κ1) is 13.1. The lowest BCUT2D eigenvalue weighted by Crippen LogP contribution is -2.09. The van der Waals surface area contributed by atoms with E-state index in [-0.39, 0.29) is 5.75 Å². The summed E-state index contributed by atoms with van der Waals surface area (Å²) in [6, 6.07) is 15.8. The molecule has 0 atom stereocenters. The van der Waals surface area contributed by atoms with E-state index in [1.165, 1.54) is 0 Å². The zero-order valence-electron chi connectivity index (χ0n) is 9.71. The summed E-state index contributed by atoms with van der Waals surface area (Å²) in [6.07, 6.45) is 0.427. The van der Waals surface area contributed by atoms with Crippen LogP contribution in [0.3, 0.4) is 0 Å². The minimum Gasteiger partial charge on any atom is -0.224 e. The van der Waals surface area contributed by atoms with Gasteiger partial charge >= 0.3 is 0 Å². The van der Waals surface area contributed by atoms with Gasteiger partial charge in [0, 0.05) is 5.02 Å². The highest BCUT2D eigenvalue weighted by Crippen LogP contribution is 2.18. The molecule has 2 aromatic rings. The molecule has 2 rings (SSSR count). The normalized spacial score (nSPS) is 11.4. The van der Waals surface area contributed by atoms with E-state index in [0.29, 0.717) is 16.3 Å². The van der Waals surface area contributed by atoms with Gasteiger partial charge in [0.2, 0.25) is 0 Å². The van der Waals surface area contributed by atoms with Crippen molar-refractivity contribution in [2.75, 3.05) is 5.75 Å². The van der Waals surface area contributed by atoms with Gasteiger partial charge in [-0.15, -0.1) is 0 Å². The Kier molecular flexibility index (Phi) is 4.04. The van der Waals surface area contributed by atoms with Gasteiger partial charge in [0.15, 0.2) is 9.84 Å². The van der Waals surface area contributed by atoms with Crippen LogP contribution >= 0.6 is 11.6 Å². The number of hydrogen-bond donors (Lipinski definition) is 0. The molecule has 0 bridgehead atoms. The Labute approximate surface area is 112 Å². The lowest BCUT2D eigenvalue weighted by atomic mass is 10.2. The second kappa shape index (κ2) is 5.55. The largest absolute Gasteiger partial charge is 0.224 e. The Bertz CT molecular complexity index is 621. The van der Waals surface area contributed by atoms with Crippen LogP contribution in [-0.2, 0) is 16.3 Å². The number of rotatable bonds is 4. The van der Waals surface area contributed by atoms with Crippen molar-refractivity contribution in [1.82, 2.24) is 0 Å². The van der Waals surface area contributed by atoms with E-state index in [1.807, 2.05) is 18.2 Å². The van der Waals surface area contributed by atoms with Crippen LogP contribution in [0.15, 0.2) is 59.5 Å². The first-order valence-electron chi connectivity index (χ1n) is 5.61. The topological polar surface area (TPSA) is 34.1 Å². The molecule has 0 fully saturated rings. The molecule has 2 nitrogen and oxygen atoms in total. The zero-order chi connectivity index (χ0) is 13.0. The molecule has 0 aromatic heterocycles. The van der Waals surface area contributed by atoms with Gasteiger partial charge in [0.25, 0.3) is 0 Å². The van der Waals surface area contributed by atoms with Crippen molar-refractivity contribution in [2.45, 2.75) is 11.3 Å². The van der Waals surface area contributed by atoms with Crippen molar-refractivity contribution in [3.05, 3.63) is 65.2 Å². The highest BCUT2D eigenvalue weighted by Gasteiger charge is 2.14. The van der Waals surface area contributed by atoms with Gasteiger partial charge in [-0.3, -0.25) is 0 Å². The third-order valence-electron chi connectivity index (χ3n) is 2.70. The lowest BCUT2D eigenvalue weighted by molar-refractivity contribution is 0.595. The molecule has 0 heterocycles. The van der Waals surface area contributed by atoms with Crippen LogP contribution in [0, 0.1) is 0 Å². The van der Waals surface area contributed by atoms with E-state index in [1.54, 1.807) is 36.4 Å². The molecule has 0 N–H and O–H groups in total. The fourth-order valence-corrected chi connectivity index (χ4v) is 3.22. The highest BCUT2D eigenvalue weighted by molar-refractivity contribution is 7.91. The van der Waals surface area contributed by atoms with Crippen LogP contribution in [0.2, 0.25) is 5.02 Å². The Morgan fingerprint density at radius 1 is 0.889 bits per heavy atom. The maximum absolute atomic E-state index is 12.1. The SMILES string of the molecule is O=S(=O)(CCc1ccccc1Cl)c1ccccc1. The number of sulfone groups is 1. The molecule has 0 radical (unpaired) electrons. The van der Waals surface area contributed by atoms with Crippen molar-refractivity contribution in [3.63, 3.8) is 0 Å². The van der Waals surface area contributed by atoms with Crippen LogP contribution in [0.5, 0.6) is 0 Å². The monoisotopic (exact) mass is 280 g/mol. The molecule has 0 aliphatic heterocycles. The number of halogens is 1. The van der Waals surface area contributed by atoms with E-state index in [0.717, 1.165) is 5.56 Å². The molecule has 0 saturated heterocycles. The van der Waals surface area contributed by atoms with Gasteiger partial charge in [-0.2, -0.15) is 0 Å². The maximum Gasteiger partial charge on any atom is 0.178 e. The molecule has 0 aliphatic rings. The summed E-state index contributed by atoms with van der Waals surface area (Å²) in [5.74, 6) is 0.0702. The third-order valence-corrected chi connectivity index (χ3v) is 4.80. The fourth-order valence-electron chi connectivity index (χ4n) is 1.69. The summed E-state index contributed by atoms with van der Waals surface area (Å²) in [5.41, 5.74) is 0.860. The first-order valence-corrected chi connectivity index (χ1v) is 7.64. The minimum absolute atomic E-state index is 0.0702. The van der Waals surface area contributed by atoms with Gasteiger partial charge in [-0.1, -0.05) is 48.0 Å². The molecule has 0 unspecified atom stereocenters. The highest BCUT2D eigenvalue weighted by atomic mass is 35.5. The van der Waals surface area contributed by atoms with Crippen molar-refractivity contribution >= 4 is 21.4 Å². The summed E-state index contributed by atoms with van der Waals surface area (Å²) in [4.78, 5) is 0.358. The minimum atomic E-state index is -3.23. The van der Waals surface area contributed by atoms with Crippen LogP contribution in [0.25, 0.3) is 0 Å². The van der Waals surface area contributed by atoms with E-state index < -0.39 is 9.84 Å². The molecule has 0 amide bonds. The Morgan fingerprint density at radius 2 is 1.50 bits per heavy atom. The lowest BCUT2D eigenvalue weighted by Gasteiger charge is -2.05. The van der Waals surface area contributed by atoms with E-state index in [4.69, 9.17) is 11.6 Å². The second-order valence-electron chi connectivity index (χ2n) is 3.97. The number of aryl methyl sites for hydroxylation is 1. The summed E-state index contributed by atoms with van der Waals surface area (Å²) in [7, 11) is -3.23. The summed E-state index contributed by atoms with van der Waals surface area (Å²) in [5, 5.41) is 0.612. The van der Waals surface area contributed by atoms with Crippen molar-refractivity contribution < 1.29 is 8.42 Å². The van der Waals surface area contributed by atoms with Crippen molar-refractivity contribution in [2.24, 2.45) is 0 Å². The van der Waals surface area contributed by atoms with Crippen LogP contribution in [0.4, 0.5) is 0 Å². The van der Waals surface area contributed by atoms with Gasteiger partial charge in [-0.25, -0.2) is 8.42 Å².